The number of carbonyl (C=O) groups is 1. The largest absolute Gasteiger partial charge is 0.325 e. The average molecular weight is 367 g/mol. The van der Waals surface area contributed by atoms with E-state index in [1.807, 2.05) is 52.0 Å². The number of benzene rings is 2. The van der Waals surface area contributed by atoms with Gasteiger partial charge < -0.3 is 5.32 Å². The molecule has 0 radical (unpaired) electrons. The van der Waals surface area contributed by atoms with Gasteiger partial charge in [0.15, 0.2) is 0 Å². The first-order valence-corrected chi connectivity index (χ1v) is 9.29. The number of hydrogen-bond donors (Lipinski definition) is 1. The number of amides is 1. The first-order chi connectivity index (χ1) is 12.5. The van der Waals surface area contributed by atoms with Crippen LogP contribution in [0.25, 0.3) is 5.69 Å². The summed E-state index contributed by atoms with van der Waals surface area (Å²) in [5.41, 5.74) is 6.16. The Hall–Kier alpha value is -2.67. The summed E-state index contributed by atoms with van der Waals surface area (Å²) in [6, 6.07) is 12.0. The molecule has 1 heterocycles. The summed E-state index contributed by atoms with van der Waals surface area (Å²) < 4.78 is 1.66. The van der Waals surface area contributed by atoms with Crippen molar-refractivity contribution in [1.82, 2.24) is 20.2 Å². The van der Waals surface area contributed by atoms with E-state index in [4.69, 9.17) is 0 Å². The second-order valence-electron chi connectivity index (χ2n) is 6.27. The molecule has 1 amide bonds. The molecule has 3 rings (SSSR count). The van der Waals surface area contributed by atoms with Crippen molar-refractivity contribution < 1.29 is 4.79 Å². The third-order valence-electron chi connectivity index (χ3n) is 4.06. The van der Waals surface area contributed by atoms with Crippen molar-refractivity contribution in [3.8, 4) is 5.69 Å². The summed E-state index contributed by atoms with van der Waals surface area (Å²) in [5.74, 6) is 0.156. The van der Waals surface area contributed by atoms with E-state index in [0.717, 1.165) is 28.1 Å². The molecule has 0 aliphatic rings. The molecular weight excluding hydrogens is 346 g/mol. The van der Waals surface area contributed by atoms with Crippen LogP contribution < -0.4 is 5.32 Å². The highest BCUT2D eigenvalue weighted by atomic mass is 32.2. The van der Waals surface area contributed by atoms with Gasteiger partial charge in [0.05, 0.1) is 11.4 Å². The van der Waals surface area contributed by atoms with Crippen LogP contribution in [-0.2, 0) is 4.79 Å². The molecule has 2 aromatic carbocycles. The molecule has 0 saturated heterocycles. The van der Waals surface area contributed by atoms with Gasteiger partial charge in [-0.05, 0) is 60.9 Å². The third-order valence-corrected chi connectivity index (χ3v) is 4.98. The summed E-state index contributed by atoms with van der Waals surface area (Å²) >= 11 is 1.31. The number of anilines is 1. The smallest absolute Gasteiger partial charge is 0.234 e. The van der Waals surface area contributed by atoms with Crippen LogP contribution in [0.5, 0.6) is 0 Å². The molecule has 26 heavy (non-hydrogen) atoms. The van der Waals surface area contributed by atoms with Gasteiger partial charge >= 0.3 is 0 Å². The topological polar surface area (TPSA) is 72.7 Å². The lowest BCUT2D eigenvalue weighted by Crippen LogP contribution is -2.16. The van der Waals surface area contributed by atoms with E-state index in [-0.39, 0.29) is 11.7 Å². The molecule has 0 aliphatic carbocycles. The standard InChI is InChI=1S/C19H21N5OS/c1-12-9-14(3)18(15(4)10-12)20-17(25)11-26-19-21-22-23-24(19)16-8-6-5-7-13(16)2/h5-10H,11H2,1-4H3,(H,20,25). The van der Waals surface area contributed by atoms with Crippen molar-refractivity contribution in [3.05, 3.63) is 58.7 Å². The van der Waals surface area contributed by atoms with E-state index >= 15 is 0 Å². The zero-order chi connectivity index (χ0) is 18.7. The van der Waals surface area contributed by atoms with E-state index in [1.165, 1.54) is 17.3 Å². The molecule has 0 saturated carbocycles. The van der Waals surface area contributed by atoms with E-state index in [2.05, 4.69) is 33.0 Å². The molecule has 0 unspecified atom stereocenters. The maximum Gasteiger partial charge on any atom is 0.234 e. The Balaban J connectivity index is 1.70. The molecule has 0 aliphatic heterocycles. The second kappa shape index (κ2) is 7.70. The predicted octanol–water partition coefficient (Wildman–Crippen LogP) is 3.63. The van der Waals surface area contributed by atoms with Crippen LogP contribution in [0.1, 0.15) is 22.3 Å². The van der Waals surface area contributed by atoms with Gasteiger partial charge in [-0.15, -0.1) is 5.10 Å². The van der Waals surface area contributed by atoms with Crippen LogP contribution in [0.3, 0.4) is 0 Å². The molecule has 0 bridgehead atoms. The van der Waals surface area contributed by atoms with Crippen molar-refractivity contribution in [2.24, 2.45) is 0 Å². The fourth-order valence-electron chi connectivity index (χ4n) is 2.90. The lowest BCUT2D eigenvalue weighted by atomic mass is 10.1. The van der Waals surface area contributed by atoms with Gasteiger partial charge in [-0.3, -0.25) is 4.79 Å². The fourth-order valence-corrected chi connectivity index (χ4v) is 3.59. The Morgan fingerprint density at radius 3 is 2.46 bits per heavy atom. The van der Waals surface area contributed by atoms with Gasteiger partial charge in [0, 0.05) is 5.69 Å². The van der Waals surface area contributed by atoms with Crippen LogP contribution in [0, 0.1) is 27.7 Å². The number of carbonyl (C=O) groups excluding carboxylic acids is 1. The van der Waals surface area contributed by atoms with Crippen LogP contribution >= 0.6 is 11.8 Å². The third kappa shape index (κ3) is 3.94. The summed E-state index contributed by atoms with van der Waals surface area (Å²) in [7, 11) is 0. The highest BCUT2D eigenvalue weighted by molar-refractivity contribution is 7.99. The van der Waals surface area contributed by atoms with Gasteiger partial charge in [0.1, 0.15) is 0 Å². The Bertz CT molecular complexity index is 928. The molecule has 3 aromatic rings. The van der Waals surface area contributed by atoms with Crippen molar-refractivity contribution in [1.29, 1.82) is 0 Å². The average Bonchev–Trinajstić information content (AvgIpc) is 3.05. The quantitative estimate of drug-likeness (QED) is 0.697. The van der Waals surface area contributed by atoms with Crippen LogP contribution in [0.15, 0.2) is 41.6 Å². The lowest BCUT2D eigenvalue weighted by Gasteiger charge is -2.12. The number of tetrazole rings is 1. The summed E-state index contributed by atoms with van der Waals surface area (Å²) in [4.78, 5) is 12.4. The highest BCUT2D eigenvalue weighted by Gasteiger charge is 2.14. The molecule has 134 valence electrons. The van der Waals surface area contributed by atoms with Crippen LogP contribution in [0.2, 0.25) is 0 Å². The van der Waals surface area contributed by atoms with E-state index in [0.29, 0.717) is 5.16 Å². The first kappa shape index (κ1) is 18.1. The Labute approximate surface area is 157 Å². The molecule has 1 aromatic heterocycles. The maximum absolute atomic E-state index is 12.4. The molecule has 0 atom stereocenters. The van der Waals surface area contributed by atoms with E-state index < -0.39 is 0 Å². The van der Waals surface area contributed by atoms with Gasteiger partial charge in [-0.25, -0.2) is 0 Å². The monoisotopic (exact) mass is 367 g/mol. The number of hydrogen-bond acceptors (Lipinski definition) is 5. The number of nitrogens with one attached hydrogen (secondary N) is 1. The summed E-state index contributed by atoms with van der Waals surface area (Å²) in [5, 5.41) is 15.4. The number of rotatable bonds is 5. The van der Waals surface area contributed by atoms with Gasteiger partial charge in [-0.2, -0.15) is 4.68 Å². The Morgan fingerprint density at radius 2 is 1.77 bits per heavy atom. The normalized spacial score (nSPS) is 10.8. The highest BCUT2D eigenvalue weighted by Crippen LogP contribution is 2.24. The lowest BCUT2D eigenvalue weighted by molar-refractivity contribution is -0.113. The van der Waals surface area contributed by atoms with Crippen molar-refractivity contribution >= 4 is 23.4 Å². The van der Waals surface area contributed by atoms with Crippen molar-refractivity contribution in [2.45, 2.75) is 32.9 Å². The number of thioether (sulfide) groups is 1. The SMILES string of the molecule is Cc1cc(C)c(NC(=O)CSc2nnnn2-c2ccccc2C)c(C)c1. The van der Waals surface area contributed by atoms with E-state index in [9.17, 15) is 4.79 Å². The predicted molar refractivity (Wildman–Crippen MR) is 104 cm³/mol. The number of aryl methyl sites for hydroxylation is 4. The molecular formula is C19H21N5OS. The number of aromatic nitrogens is 4. The minimum absolute atomic E-state index is 0.0793. The minimum atomic E-state index is -0.0793. The Morgan fingerprint density at radius 1 is 1.08 bits per heavy atom. The van der Waals surface area contributed by atoms with Crippen molar-refractivity contribution in [2.75, 3.05) is 11.1 Å². The number of para-hydroxylation sites is 1. The van der Waals surface area contributed by atoms with Gasteiger partial charge in [0.25, 0.3) is 0 Å². The minimum Gasteiger partial charge on any atom is -0.325 e. The fraction of sp³-hybridized carbons (Fsp3) is 0.263. The Kier molecular flexibility index (Phi) is 5.37. The zero-order valence-electron chi connectivity index (χ0n) is 15.3. The molecule has 7 heteroatoms. The van der Waals surface area contributed by atoms with Crippen LogP contribution in [0.4, 0.5) is 5.69 Å². The molecule has 0 fully saturated rings. The molecule has 1 N–H and O–H groups in total. The maximum atomic E-state index is 12.4. The van der Waals surface area contributed by atoms with E-state index in [1.54, 1.807) is 4.68 Å². The summed E-state index contributed by atoms with van der Waals surface area (Å²) in [6.45, 7) is 8.05. The molecule has 0 spiro atoms. The number of nitrogens with zero attached hydrogens (tertiary/aromatic N) is 4. The van der Waals surface area contributed by atoms with Crippen LogP contribution in [-0.4, -0.2) is 31.9 Å². The zero-order valence-corrected chi connectivity index (χ0v) is 16.1. The summed E-state index contributed by atoms with van der Waals surface area (Å²) in [6.07, 6.45) is 0. The first-order valence-electron chi connectivity index (χ1n) is 8.30. The van der Waals surface area contributed by atoms with Gasteiger partial charge in [0.2, 0.25) is 11.1 Å². The van der Waals surface area contributed by atoms with Crippen molar-refractivity contribution in [3.63, 3.8) is 0 Å². The van der Waals surface area contributed by atoms with Gasteiger partial charge in [-0.1, -0.05) is 47.7 Å². The second-order valence-corrected chi connectivity index (χ2v) is 7.21. The molecule has 6 nitrogen and oxygen atoms in total.